The molecule has 0 spiro atoms. The number of pyridine rings is 1. The molecule has 5 heteroatoms. The summed E-state index contributed by atoms with van der Waals surface area (Å²) in [6.07, 6.45) is 5.47. The predicted molar refractivity (Wildman–Crippen MR) is 89.0 cm³/mol. The molecule has 0 saturated heterocycles. The Kier molecular flexibility index (Phi) is 4.19. The van der Waals surface area contributed by atoms with Gasteiger partial charge in [0.05, 0.1) is 17.4 Å². The molecule has 116 valence electrons. The Labute approximate surface area is 135 Å². The SMILES string of the molecule is CC(=O)NC(C)c1ccc(-n2ccc(-c3cccnc3)n2)cc1. The van der Waals surface area contributed by atoms with Gasteiger partial charge in [0.2, 0.25) is 5.91 Å². The number of rotatable bonds is 4. The van der Waals surface area contributed by atoms with Gasteiger partial charge in [-0.1, -0.05) is 12.1 Å². The van der Waals surface area contributed by atoms with Gasteiger partial charge in [0.15, 0.2) is 0 Å². The van der Waals surface area contributed by atoms with Crippen molar-refractivity contribution < 1.29 is 4.79 Å². The molecule has 0 radical (unpaired) electrons. The lowest BCUT2D eigenvalue weighted by Gasteiger charge is -2.13. The van der Waals surface area contributed by atoms with Crippen LogP contribution in [-0.4, -0.2) is 20.7 Å². The van der Waals surface area contributed by atoms with E-state index < -0.39 is 0 Å². The van der Waals surface area contributed by atoms with E-state index in [9.17, 15) is 4.79 Å². The third-order valence-corrected chi connectivity index (χ3v) is 3.62. The van der Waals surface area contributed by atoms with Crippen molar-refractivity contribution >= 4 is 5.91 Å². The van der Waals surface area contributed by atoms with Crippen molar-refractivity contribution in [3.8, 4) is 16.9 Å². The molecule has 0 aliphatic rings. The van der Waals surface area contributed by atoms with Crippen molar-refractivity contribution in [2.45, 2.75) is 19.9 Å². The van der Waals surface area contributed by atoms with Gasteiger partial charge in [-0.05, 0) is 42.8 Å². The van der Waals surface area contributed by atoms with Gasteiger partial charge in [0.1, 0.15) is 0 Å². The van der Waals surface area contributed by atoms with E-state index in [2.05, 4.69) is 15.4 Å². The molecule has 1 aromatic carbocycles. The summed E-state index contributed by atoms with van der Waals surface area (Å²) in [7, 11) is 0. The highest BCUT2D eigenvalue weighted by Gasteiger charge is 2.08. The fourth-order valence-corrected chi connectivity index (χ4v) is 2.44. The van der Waals surface area contributed by atoms with Gasteiger partial charge in [0.25, 0.3) is 0 Å². The highest BCUT2D eigenvalue weighted by atomic mass is 16.1. The molecule has 1 amide bonds. The highest BCUT2D eigenvalue weighted by molar-refractivity contribution is 5.73. The monoisotopic (exact) mass is 306 g/mol. The minimum Gasteiger partial charge on any atom is -0.350 e. The molecule has 0 aliphatic carbocycles. The zero-order valence-corrected chi connectivity index (χ0v) is 13.1. The molecule has 3 rings (SSSR count). The number of nitrogens with one attached hydrogen (secondary N) is 1. The van der Waals surface area contributed by atoms with E-state index in [0.29, 0.717) is 0 Å². The molecule has 2 aromatic heterocycles. The Morgan fingerprint density at radius 3 is 2.61 bits per heavy atom. The number of benzene rings is 1. The smallest absolute Gasteiger partial charge is 0.217 e. The van der Waals surface area contributed by atoms with Crippen LogP contribution in [-0.2, 0) is 4.79 Å². The zero-order valence-electron chi connectivity index (χ0n) is 13.1. The lowest BCUT2D eigenvalue weighted by atomic mass is 10.1. The molecule has 0 bridgehead atoms. The summed E-state index contributed by atoms with van der Waals surface area (Å²) in [5.74, 6) is -0.0326. The molecule has 0 aliphatic heterocycles. The standard InChI is InChI=1S/C18H18N4O/c1-13(20-14(2)23)15-5-7-17(8-6-15)22-11-9-18(21-22)16-4-3-10-19-12-16/h3-13H,1-2H3,(H,20,23). The molecule has 0 fully saturated rings. The first kappa shape index (κ1) is 15.0. The largest absolute Gasteiger partial charge is 0.350 e. The maximum absolute atomic E-state index is 11.1. The van der Waals surface area contributed by atoms with Crippen molar-refractivity contribution in [1.82, 2.24) is 20.1 Å². The van der Waals surface area contributed by atoms with E-state index >= 15 is 0 Å². The first-order valence-corrected chi connectivity index (χ1v) is 7.47. The molecular weight excluding hydrogens is 288 g/mol. The summed E-state index contributed by atoms with van der Waals surface area (Å²) in [6, 6.07) is 13.8. The lowest BCUT2D eigenvalue weighted by molar-refractivity contribution is -0.119. The molecular formula is C18H18N4O. The summed E-state index contributed by atoms with van der Waals surface area (Å²) < 4.78 is 1.83. The average Bonchev–Trinajstić information content (AvgIpc) is 3.05. The van der Waals surface area contributed by atoms with E-state index in [1.54, 1.807) is 12.4 Å². The quantitative estimate of drug-likeness (QED) is 0.805. The van der Waals surface area contributed by atoms with Gasteiger partial charge in [-0.15, -0.1) is 0 Å². The molecule has 3 aromatic rings. The fourth-order valence-electron chi connectivity index (χ4n) is 2.44. The summed E-state index contributed by atoms with van der Waals surface area (Å²) in [4.78, 5) is 15.2. The third kappa shape index (κ3) is 3.45. The summed E-state index contributed by atoms with van der Waals surface area (Å²) in [5, 5.41) is 7.46. The Morgan fingerprint density at radius 2 is 1.96 bits per heavy atom. The topological polar surface area (TPSA) is 59.8 Å². The van der Waals surface area contributed by atoms with Crippen LogP contribution in [0, 0.1) is 0 Å². The Balaban J connectivity index is 1.80. The van der Waals surface area contributed by atoms with Crippen LogP contribution in [0.5, 0.6) is 0 Å². The van der Waals surface area contributed by atoms with Gasteiger partial charge < -0.3 is 5.32 Å². The number of aromatic nitrogens is 3. The molecule has 5 nitrogen and oxygen atoms in total. The first-order valence-electron chi connectivity index (χ1n) is 7.47. The van der Waals surface area contributed by atoms with E-state index in [-0.39, 0.29) is 11.9 Å². The zero-order chi connectivity index (χ0) is 16.2. The van der Waals surface area contributed by atoms with Gasteiger partial charge in [-0.25, -0.2) is 4.68 Å². The normalized spacial score (nSPS) is 11.9. The second-order valence-corrected chi connectivity index (χ2v) is 5.40. The van der Waals surface area contributed by atoms with E-state index in [1.807, 2.05) is 60.3 Å². The van der Waals surface area contributed by atoms with Crippen LogP contribution in [0.15, 0.2) is 61.1 Å². The maximum Gasteiger partial charge on any atom is 0.217 e. The van der Waals surface area contributed by atoms with Crippen LogP contribution in [0.25, 0.3) is 16.9 Å². The molecule has 23 heavy (non-hydrogen) atoms. The Morgan fingerprint density at radius 1 is 1.17 bits per heavy atom. The Bertz CT molecular complexity index is 793. The molecule has 1 N–H and O–H groups in total. The van der Waals surface area contributed by atoms with Gasteiger partial charge >= 0.3 is 0 Å². The summed E-state index contributed by atoms with van der Waals surface area (Å²) in [5.41, 5.74) is 3.90. The number of carbonyl (C=O) groups is 1. The van der Waals surface area contributed by atoms with E-state index in [4.69, 9.17) is 0 Å². The van der Waals surface area contributed by atoms with Crippen molar-refractivity contribution in [3.05, 3.63) is 66.6 Å². The predicted octanol–water partition coefficient (Wildman–Crippen LogP) is 3.13. The highest BCUT2D eigenvalue weighted by Crippen LogP contribution is 2.19. The van der Waals surface area contributed by atoms with Crippen LogP contribution < -0.4 is 5.32 Å². The number of amides is 1. The van der Waals surface area contributed by atoms with Gasteiger partial charge in [0, 0.05) is 31.1 Å². The van der Waals surface area contributed by atoms with E-state index in [1.165, 1.54) is 6.92 Å². The Hall–Kier alpha value is -2.95. The maximum atomic E-state index is 11.1. The van der Waals surface area contributed by atoms with Crippen LogP contribution in [0.3, 0.4) is 0 Å². The van der Waals surface area contributed by atoms with Crippen LogP contribution in [0.2, 0.25) is 0 Å². The second kappa shape index (κ2) is 6.44. The van der Waals surface area contributed by atoms with Gasteiger partial charge in [-0.3, -0.25) is 9.78 Å². The molecule has 0 saturated carbocycles. The van der Waals surface area contributed by atoms with Crippen LogP contribution in [0.1, 0.15) is 25.5 Å². The first-order chi connectivity index (χ1) is 11.1. The molecule has 2 heterocycles. The van der Waals surface area contributed by atoms with Crippen molar-refractivity contribution in [2.75, 3.05) is 0 Å². The second-order valence-electron chi connectivity index (χ2n) is 5.40. The third-order valence-electron chi connectivity index (χ3n) is 3.62. The van der Waals surface area contributed by atoms with Crippen molar-refractivity contribution in [3.63, 3.8) is 0 Å². The number of nitrogens with zero attached hydrogens (tertiary/aromatic N) is 3. The minimum absolute atomic E-state index is 0.00914. The molecule has 1 atom stereocenters. The number of hydrogen-bond donors (Lipinski definition) is 1. The molecule has 1 unspecified atom stereocenters. The van der Waals surface area contributed by atoms with Crippen LogP contribution >= 0.6 is 0 Å². The van der Waals surface area contributed by atoms with Crippen molar-refractivity contribution in [1.29, 1.82) is 0 Å². The van der Waals surface area contributed by atoms with Crippen LogP contribution in [0.4, 0.5) is 0 Å². The summed E-state index contributed by atoms with van der Waals surface area (Å²) >= 11 is 0. The van der Waals surface area contributed by atoms with Crippen molar-refractivity contribution in [2.24, 2.45) is 0 Å². The fraction of sp³-hybridized carbons (Fsp3) is 0.167. The average molecular weight is 306 g/mol. The number of carbonyl (C=O) groups excluding carboxylic acids is 1. The lowest BCUT2D eigenvalue weighted by Crippen LogP contribution is -2.23. The van der Waals surface area contributed by atoms with E-state index in [0.717, 1.165) is 22.5 Å². The summed E-state index contributed by atoms with van der Waals surface area (Å²) in [6.45, 7) is 3.49. The van der Waals surface area contributed by atoms with Gasteiger partial charge in [-0.2, -0.15) is 5.10 Å². The number of hydrogen-bond acceptors (Lipinski definition) is 3. The minimum atomic E-state index is -0.0326.